The molecule has 2 N–H and O–H groups in total. The summed E-state index contributed by atoms with van der Waals surface area (Å²) >= 11 is 0. The van der Waals surface area contributed by atoms with Gasteiger partial charge in [0, 0.05) is 11.6 Å². The molecule has 1 aromatic carbocycles. The van der Waals surface area contributed by atoms with Crippen LogP contribution in [0, 0.1) is 6.92 Å². The zero-order chi connectivity index (χ0) is 18.2. The summed E-state index contributed by atoms with van der Waals surface area (Å²) in [5, 5.41) is 13.0. The van der Waals surface area contributed by atoms with Crippen molar-refractivity contribution in [1.29, 1.82) is 0 Å². The molecule has 0 radical (unpaired) electrons. The minimum Gasteiger partial charge on any atom is -0.497 e. The Balaban J connectivity index is 2.14. The molecule has 0 fully saturated rings. The van der Waals surface area contributed by atoms with Gasteiger partial charge in [-0.1, -0.05) is 13.8 Å². The highest BCUT2D eigenvalue weighted by Gasteiger charge is 2.12. The first-order valence-electron chi connectivity index (χ1n) is 8.60. The van der Waals surface area contributed by atoms with Crippen LogP contribution in [0.2, 0.25) is 0 Å². The van der Waals surface area contributed by atoms with Crippen LogP contribution in [-0.2, 0) is 6.61 Å². The zero-order valence-corrected chi connectivity index (χ0v) is 15.4. The quantitative estimate of drug-likeness (QED) is 0.680. The monoisotopic (exact) mass is 345 g/mol. The molecule has 0 saturated carbocycles. The molecule has 1 heterocycles. The van der Waals surface area contributed by atoms with Gasteiger partial charge >= 0.3 is 0 Å². The van der Waals surface area contributed by atoms with Gasteiger partial charge in [-0.3, -0.25) is 5.32 Å². The first-order valence-corrected chi connectivity index (χ1v) is 8.60. The molecule has 25 heavy (non-hydrogen) atoms. The zero-order valence-electron chi connectivity index (χ0n) is 15.4. The fourth-order valence-electron chi connectivity index (χ4n) is 2.66. The Labute approximate surface area is 149 Å². The second-order valence-electron chi connectivity index (χ2n) is 5.83. The van der Waals surface area contributed by atoms with Crippen LogP contribution in [0.25, 0.3) is 11.3 Å². The summed E-state index contributed by atoms with van der Waals surface area (Å²) in [6.07, 6.45) is 3.73. The highest BCUT2D eigenvalue weighted by atomic mass is 16.5. The van der Waals surface area contributed by atoms with Crippen LogP contribution in [0.5, 0.6) is 11.6 Å². The molecule has 0 amide bonds. The topological polar surface area (TPSA) is 76.5 Å². The first-order chi connectivity index (χ1) is 12.1. The lowest BCUT2D eigenvalue weighted by Crippen LogP contribution is -2.31. The number of aliphatic hydroxyl groups is 1. The maximum Gasteiger partial charge on any atom is 0.233 e. The van der Waals surface area contributed by atoms with Crippen molar-refractivity contribution in [2.45, 2.75) is 46.3 Å². The van der Waals surface area contributed by atoms with Gasteiger partial charge in [0.2, 0.25) is 5.88 Å². The third-order valence-corrected chi connectivity index (χ3v) is 4.24. The van der Waals surface area contributed by atoms with Crippen LogP contribution in [0.15, 0.2) is 24.4 Å². The van der Waals surface area contributed by atoms with Crippen LogP contribution in [0.4, 0.5) is 0 Å². The number of ether oxygens (including phenoxy) is 2. The fourth-order valence-corrected chi connectivity index (χ4v) is 2.66. The van der Waals surface area contributed by atoms with Crippen LogP contribution < -0.4 is 14.8 Å². The summed E-state index contributed by atoms with van der Waals surface area (Å²) in [6.45, 7) is 6.49. The molecule has 0 spiro atoms. The van der Waals surface area contributed by atoms with Crippen molar-refractivity contribution in [2.24, 2.45) is 0 Å². The summed E-state index contributed by atoms with van der Waals surface area (Å²) < 4.78 is 10.9. The molecule has 0 bridgehead atoms. The average molecular weight is 345 g/mol. The lowest BCUT2D eigenvalue weighted by molar-refractivity contribution is 0.248. The Morgan fingerprint density at radius 3 is 2.60 bits per heavy atom. The highest BCUT2D eigenvalue weighted by Crippen LogP contribution is 2.28. The van der Waals surface area contributed by atoms with Crippen molar-refractivity contribution in [1.82, 2.24) is 15.3 Å². The molecular formula is C19H27N3O3. The van der Waals surface area contributed by atoms with E-state index in [1.54, 1.807) is 19.4 Å². The molecule has 6 heteroatoms. The standard InChI is InChI=1S/C19H27N3O3/c1-5-15(6-2)21-12-25-18-10-20-19(13(3)22-18)17-8-7-16(24-4)9-14(17)11-23/h7-10,15,21,23H,5-6,11-12H2,1-4H3. The number of nitrogens with zero attached hydrogens (tertiary/aromatic N) is 2. The summed E-state index contributed by atoms with van der Waals surface area (Å²) in [5.74, 6) is 1.18. The molecule has 0 aliphatic carbocycles. The number of aryl methyl sites for hydroxylation is 1. The summed E-state index contributed by atoms with van der Waals surface area (Å²) in [6, 6.07) is 5.98. The smallest absolute Gasteiger partial charge is 0.233 e. The van der Waals surface area contributed by atoms with Gasteiger partial charge < -0.3 is 14.6 Å². The molecule has 0 aliphatic rings. The molecular weight excluding hydrogens is 318 g/mol. The van der Waals surface area contributed by atoms with Crippen molar-refractivity contribution in [3.63, 3.8) is 0 Å². The Morgan fingerprint density at radius 2 is 2.00 bits per heavy atom. The second-order valence-corrected chi connectivity index (χ2v) is 5.83. The minimum absolute atomic E-state index is 0.0920. The van der Waals surface area contributed by atoms with E-state index in [0.717, 1.165) is 35.4 Å². The van der Waals surface area contributed by atoms with E-state index < -0.39 is 0 Å². The lowest BCUT2D eigenvalue weighted by Gasteiger charge is -2.15. The molecule has 1 aromatic heterocycles. The Kier molecular flexibility index (Phi) is 7.16. The van der Waals surface area contributed by atoms with Crippen molar-refractivity contribution < 1.29 is 14.6 Å². The molecule has 0 unspecified atom stereocenters. The Bertz CT molecular complexity index is 688. The predicted molar refractivity (Wildman–Crippen MR) is 97.7 cm³/mol. The number of hydrogen-bond acceptors (Lipinski definition) is 6. The summed E-state index contributed by atoms with van der Waals surface area (Å²) in [5.41, 5.74) is 3.07. The van der Waals surface area contributed by atoms with Gasteiger partial charge in [0.1, 0.15) is 12.5 Å². The van der Waals surface area contributed by atoms with E-state index in [-0.39, 0.29) is 6.61 Å². The van der Waals surface area contributed by atoms with Crippen molar-refractivity contribution >= 4 is 0 Å². The van der Waals surface area contributed by atoms with Crippen LogP contribution in [0.3, 0.4) is 0 Å². The van der Waals surface area contributed by atoms with E-state index >= 15 is 0 Å². The van der Waals surface area contributed by atoms with Gasteiger partial charge in [-0.2, -0.15) is 0 Å². The number of nitrogens with one attached hydrogen (secondary N) is 1. The van der Waals surface area contributed by atoms with Gasteiger partial charge in [0.05, 0.1) is 31.3 Å². The molecule has 0 saturated heterocycles. The van der Waals surface area contributed by atoms with Gasteiger partial charge in [-0.25, -0.2) is 9.97 Å². The maximum atomic E-state index is 9.62. The van der Waals surface area contributed by atoms with E-state index in [4.69, 9.17) is 9.47 Å². The predicted octanol–water partition coefficient (Wildman–Crippen LogP) is 3.07. The van der Waals surface area contributed by atoms with Gasteiger partial charge in [0.15, 0.2) is 0 Å². The number of benzene rings is 1. The number of aliphatic hydroxyl groups excluding tert-OH is 1. The maximum absolute atomic E-state index is 9.62. The van der Waals surface area contributed by atoms with Crippen molar-refractivity contribution in [2.75, 3.05) is 13.8 Å². The lowest BCUT2D eigenvalue weighted by atomic mass is 10.0. The summed E-state index contributed by atoms with van der Waals surface area (Å²) in [7, 11) is 1.60. The molecule has 2 aromatic rings. The Hall–Kier alpha value is -2.18. The average Bonchev–Trinajstić information content (AvgIpc) is 2.65. The molecule has 0 atom stereocenters. The second kappa shape index (κ2) is 9.34. The van der Waals surface area contributed by atoms with Crippen LogP contribution in [0.1, 0.15) is 37.9 Å². The number of hydrogen-bond donors (Lipinski definition) is 2. The first kappa shape index (κ1) is 19.1. The SMILES string of the molecule is CCC(CC)NCOc1cnc(-c2ccc(OC)cc2CO)c(C)n1. The van der Waals surface area contributed by atoms with Crippen LogP contribution >= 0.6 is 0 Å². The number of methoxy groups -OCH3 is 1. The summed E-state index contributed by atoms with van der Waals surface area (Å²) in [4.78, 5) is 8.96. The molecule has 136 valence electrons. The van der Waals surface area contributed by atoms with Gasteiger partial charge in [0.25, 0.3) is 0 Å². The Morgan fingerprint density at radius 1 is 1.24 bits per heavy atom. The molecule has 2 rings (SSSR count). The van der Waals surface area contributed by atoms with E-state index in [0.29, 0.717) is 24.4 Å². The van der Waals surface area contributed by atoms with E-state index in [1.165, 1.54) is 0 Å². The normalized spacial score (nSPS) is 11.0. The van der Waals surface area contributed by atoms with Gasteiger partial charge in [-0.05, 0) is 43.5 Å². The highest BCUT2D eigenvalue weighted by molar-refractivity contribution is 5.66. The number of rotatable bonds is 9. The third-order valence-electron chi connectivity index (χ3n) is 4.24. The minimum atomic E-state index is -0.0920. The molecule has 6 nitrogen and oxygen atoms in total. The van der Waals surface area contributed by atoms with Crippen molar-refractivity contribution in [3.05, 3.63) is 35.7 Å². The van der Waals surface area contributed by atoms with E-state index in [9.17, 15) is 5.11 Å². The van der Waals surface area contributed by atoms with E-state index in [1.807, 2.05) is 19.1 Å². The molecule has 0 aliphatic heterocycles. The fraction of sp³-hybridized carbons (Fsp3) is 0.474. The largest absolute Gasteiger partial charge is 0.497 e. The number of aromatic nitrogens is 2. The van der Waals surface area contributed by atoms with Crippen molar-refractivity contribution in [3.8, 4) is 22.9 Å². The van der Waals surface area contributed by atoms with E-state index in [2.05, 4.69) is 29.1 Å². The van der Waals surface area contributed by atoms with Gasteiger partial charge in [-0.15, -0.1) is 0 Å². The third kappa shape index (κ3) is 4.90. The van der Waals surface area contributed by atoms with Crippen LogP contribution in [-0.4, -0.2) is 35.0 Å².